The highest BCUT2D eigenvalue weighted by Crippen LogP contribution is 2.10. The first-order chi connectivity index (χ1) is 12.7. The summed E-state index contributed by atoms with van der Waals surface area (Å²) in [6.45, 7) is 12.0. The van der Waals surface area contributed by atoms with E-state index in [-0.39, 0.29) is 42.1 Å². The van der Waals surface area contributed by atoms with E-state index in [1.165, 1.54) is 0 Å². The number of aliphatic imine (C=N–C) groups is 1. The van der Waals surface area contributed by atoms with E-state index in [9.17, 15) is 4.79 Å². The fourth-order valence-corrected chi connectivity index (χ4v) is 2.61. The Kier molecular flexibility index (Phi) is 13.8. The van der Waals surface area contributed by atoms with Crippen molar-refractivity contribution in [1.82, 2.24) is 15.5 Å². The van der Waals surface area contributed by atoms with Gasteiger partial charge < -0.3 is 29.7 Å². The first-order valence-electron chi connectivity index (χ1n) is 9.79. The molecule has 28 heavy (non-hydrogen) atoms. The summed E-state index contributed by atoms with van der Waals surface area (Å²) in [5.74, 6) is 1.01. The van der Waals surface area contributed by atoms with Crippen LogP contribution in [0.1, 0.15) is 40.5 Å². The summed E-state index contributed by atoms with van der Waals surface area (Å²) < 4.78 is 16.4. The van der Waals surface area contributed by atoms with Gasteiger partial charge in [0, 0.05) is 46.9 Å². The van der Waals surface area contributed by atoms with Crippen LogP contribution in [-0.4, -0.2) is 82.2 Å². The number of nitrogens with zero attached hydrogens (tertiary/aromatic N) is 2. The number of carbonyl (C=O) groups is 1. The number of guanidine groups is 1. The highest BCUT2D eigenvalue weighted by Gasteiger charge is 2.20. The Bertz CT molecular complexity index is 465. The summed E-state index contributed by atoms with van der Waals surface area (Å²) in [4.78, 5) is 17.8. The summed E-state index contributed by atoms with van der Waals surface area (Å²) in [5.41, 5.74) is -0.479. The van der Waals surface area contributed by atoms with E-state index in [0.717, 1.165) is 38.6 Å². The highest BCUT2D eigenvalue weighted by molar-refractivity contribution is 14.0. The lowest BCUT2D eigenvalue weighted by Crippen LogP contribution is -2.43. The molecule has 0 bridgehead atoms. The Morgan fingerprint density at radius 3 is 2.64 bits per heavy atom. The average Bonchev–Trinajstić information content (AvgIpc) is 3.09. The molecule has 2 N–H and O–H groups in total. The van der Waals surface area contributed by atoms with Gasteiger partial charge in [-0.05, 0) is 39.5 Å². The molecule has 0 saturated carbocycles. The maximum absolute atomic E-state index is 12.0. The smallest absolute Gasteiger partial charge is 0.410 e. The maximum atomic E-state index is 12.0. The lowest BCUT2D eigenvalue weighted by Gasteiger charge is -2.26. The zero-order chi connectivity index (χ0) is 20.3. The minimum absolute atomic E-state index is 0. The van der Waals surface area contributed by atoms with E-state index in [0.29, 0.717) is 19.7 Å². The van der Waals surface area contributed by atoms with Gasteiger partial charge in [0.05, 0.1) is 12.7 Å². The molecular formula is C19H39IN4O4. The number of hydrogen-bond donors (Lipinski definition) is 2. The van der Waals surface area contributed by atoms with E-state index in [4.69, 9.17) is 14.2 Å². The number of amides is 1. The molecule has 0 radical (unpaired) electrons. The topological polar surface area (TPSA) is 84.4 Å². The summed E-state index contributed by atoms with van der Waals surface area (Å²) >= 11 is 0. The quantitative estimate of drug-likeness (QED) is 0.213. The van der Waals surface area contributed by atoms with E-state index in [1.54, 1.807) is 19.0 Å². The molecule has 1 rings (SSSR count). The van der Waals surface area contributed by atoms with Crippen molar-refractivity contribution >= 4 is 36.0 Å². The van der Waals surface area contributed by atoms with Crippen LogP contribution in [0.3, 0.4) is 0 Å². The standard InChI is InChI=1S/C19H38N4O4.HI/c1-15(13-23(6)18(24)27-19(2,3)4)12-22-17(20-5)21-9-7-10-26-16-8-11-25-14-16;/h15-16H,7-14H2,1-6H3,(H2,20,21,22);1H. The molecule has 1 aliphatic rings. The van der Waals surface area contributed by atoms with E-state index < -0.39 is 5.60 Å². The molecule has 2 unspecified atom stereocenters. The predicted octanol–water partition coefficient (Wildman–Crippen LogP) is 2.47. The molecule has 1 heterocycles. The Morgan fingerprint density at radius 1 is 1.36 bits per heavy atom. The second-order valence-electron chi connectivity index (χ2n) is 8.06. The highest BCUT2D eigenvalue weighted by atomic mass is 127. The molecule has 0 spiro atoms. The van der Waals surface area contributed by atoms with Crippen LogP contribution in [0.5, 0.6) is 0 Å². The van der Waals surface area contributed by atoms with Gasteiger partial charge in [-0.15, -0.1) is 24.0 Å². The fourth-order valence-electron chi connectivity index (χ4n) is 2.61. The molecule has 8 nitrogen and oxygen atoms in total. The Labute approximate surface area is 187 Å². The first kappa shape index (κ1) is 27.2. The monoisotopic (exact) mass is 514 g/mol. The Morgan fingerprint density at radius 2 is 2.07 bits per heavy atom. The molecule has 0 aliphatic carbocycles. The van der Waals surface area contributed by atoms with Crippen LogP contribution < -0.4 is 10.6 Å². The number of halogens is 1. The lowest BCUT2D eigenvalue weighted by molar-refractivity contribution is 0.0278. The third-order valence-corrected chi connectivity index (χ3v) is 3.99. The zero-order valence-corrected chi connectivity index (χ0v) is 20.6. The zero-order valence-electron chi connectivity index (χ0n) is 18.2. The number of hydrogen-bond acceptors (Lipinski definition) is 5. The van der Waals surface area contributed by atoms with Crippen molar-refractivity contribution in [2.24, 2.45) is 10.9 Å². The Hall–Kier alpha value is -0.810. The molecule has 9 heteroatoms. The van der Waals surface area contributed by atoms with Gasteiger partial charge in [-0.2, -0.15) is 0 Å². The van der Waals surface area contributed by atoms with Gasteiger partial charge in [0.15, 0.2) is 5.96 Å². The molecular weight excluding hydrogens is 475 g/mol. The van der Waals surface area contributed by atoms with E-state index in [2.05, 4.69) is 22.5 Å². The summed E-state index contributed by atoms with van der Waals surface area (Å²) in [6, 6.07) is 0. The van der Waals surface area contributed by atoms with E-state index >= 15 is 0 Å². The number of carbonyl (C=O) groups excluding carboxylic acids is 1. The molecule has 0 aromatic rings. The maximum Gasteiger partial charge on any atom is 0.410 e. The van der Waals surface area contributed by atoms with Crippen molar-refractivity contribution in [1.29, 1.82) is 0 Å². The largest absolute Gasteiger partial charge is 0.444 e. The van der Waals surface area contributed by atoms with Gasteiger partial charge in [-0.1, -0.05) is 6.92 Å². The van der Waals surface area contributed by atoms with Gasteiger partial charge in [-0.25, -0.2) is 4.79 Å². The van der Waals surface area contributed by atoms with Crippen molar-refractivity contribution in [3.05, 3.63) is 0 Å². The minimum atomic E-state index is -0.479. The van der Waals surface area contributed by atoms with Crippen LogP contribution in [-0.2, 0) is 14.2 Å². The van der Waals surface area contributed by atoms with Crippen molar-refractivity contribution in [2.75, 3.05) is 53.6 Å². The Balaban J connectivity index is 0.00000729. The van der Waals surface area contributed by atoms with Crippen LogP contribution >= 0.6 is 24.0 Å². The van der Waals surface area contributed by atoms with E-state index in [1.807, 2.05) is 20.8 Å². The number of rotatable bonds is 9. The summed E-state index contributed by atoms with van der Waals surface area (Å²) in [5, 5.41) is 6.57. The lowest BCUT2D eigenvalue weighted by atomic mass is 10.1. The van der Waals surface area contributed by atoms with Crippen molar-refractivity contribution in [3.8, 4) is 0 Å². The molecule has 0 aromatic heterocycles. The van der Waals surface area contributed by atoms with Crippen LogP contribution in [0.4, 0.5) is 4.79 Å². The molecule has 1 amide bonds. The van der Waals surface area contributed by atoms with Crippen LogP contribution in [0, 0.1) is 5.92 Å². The molecule has 166 valence electrons. The van der Waals surface area contributed by atoms with Gasteiger partial charge in [0.25, 0.3) is 0 Å². The van der Waals surface area contributed by atoms with Gasteiger partial charge in [0.1, 0.15) is 5.60 Å². The van der Waals surface area contributed by atoms with Crippen LogP contribution in [0.15, 0.2) is 4.99 Å². The number of ether oxygens (including phenoxy) is 3. The molecule has 1 fully saturated rings. The molecule has 0 aromatic carbocycles. The van der Waals surface area contributed by atoms with Crippen molar-refractivity contribution in [2.45, 2.75) is 52.2 Å². The fraction of sp³-hybridized carbons (Fsp3) is 0.895. The van der Waals surface area contributed by atoms with Gasteiger partial charge in [-0.3, -0.25) is 4.99 Å². The van der Waals surface area contributed by atoms with Crippen LogP contribution in [0.25, 0.3) is 0 Å². The SMILES string of the molecule is CN=C(NCCCOC1CCOC1)NCC(C)CN(C)C(=O)OC(C)(C)C.I. The second kappa shape index (κ2) is 14.2. The molecule has 2 atom stereocenters. The number of nitrogens with one attached hydrogen (secondary N) is 2. The first-order valence-corrected chi connectivity index (χ1v) is 9.79. The minimum Gasteiger partial charge on any atom is -0.444 e. The summed E-state index contributed by atoms with van der Waals surface area (Å²) in [7, 11) is 3.51. The second-order valence-corrected chi connectivity index (χ2v) is 8.06. The van der Waals surface area contributed by atoms with Crippen LogP contribution in [0.2, 0.25) is 0 Å². The van der Waals surface area contributed by atoms with Gasteiger partial charge >= 0.3 is 6.09 Å². The van der Waals surface area contributed by atoms with Crippen molar-refractivity contribution < 1.29 is 19.0 Å². The van der Waals surface area contributed by atoms with Gasteiger partial charge in [0.2, 0.25) is 0 Å². The van der Waals surface area contributed by atoms with Crippen molar-refractivity contribution in [3.63, 3.8) is 0 Å². The third kappa shape index (κ3) is 12.6. The molecule has 1 saturated heterocycles. The average molecular weight is 514 g/mol. The third-order valence-electron chi connectivity index (χ3n) is 3.99. The molecule has 1 aliphatic heterocycles. The normalized spacial score (nSPS) is 18.2. The predicted molar refractivity (Wildman–Crippen MR) is 123 cm³/mol. The summed E-state index contributed by atoms with van der Waals surface area (Å²) in [6.07, 6.45) is 1.86.